The van der Waals surface area contributed by atoms with Crippen LogP contribution in [0.1, 0.15) is 36.9 Å². The third kappa shape index (κ3) is 5.32. The van der Waals surface area contributed by atoms with E-state index in [0.717, 1.165) is 19.3 Å². The first-order valence-corrected chi connectivity index (χ1v) is 10.1. The number of carbonyl (C=O) groups excluding carboxylic acids is 2. The average Bonchev–Trinajstić information content (AvgIpc) is 2.68. The minimum atomic E-state index is -0.350. The highest BCUT2D eigenvalue weighted by molar-refractivity contribution is 8.01. The molecule has 0 spiro atoms. The Bertz CT molecular complexity index is 810. The fourth-order valence-electron chi connectivity index (χ4n) is 3.20. The number of nitrogens with one attached hydrogen (secondary N) is 2. The van der Waals surface area contributed by atoms with E-state index in [1.54, 1.807) is 6.92 Å². The Balaban J connectivity index is 1.48. The molecule has 0 aliphatic heterocycles. The van der Waals surface area contributed by atoms with Crippen molar-refractivity contribution in [3.63, 3.8) is 0 Å². The van der Waals surface area contributed by atoms with Gasteiger partial charge in [0.05, 0.1) is 17.0 Å². The summed E-state index contributed by atoms with van der Waals surface area (Å²) in [5.41, 5.74) is 3.04. The molecule has 0 saturated heterocycles. The Hall–Kier alpha value is -2.34. The highest BCUT2D eigenvalue weighted by Gasteiger charge is 2.24. The summed E-state index contributed by atoms with van der Waals surface area (Å²) in [5, 5.41) is 5.49. The minimum Gasteiger partial charge on any atom is -0.348 e. The summed E-state index contributed by atoms with van der Waals surface area (Å²) in [6.45, 7) is 1.81. The molecule has 4 nitrogen and oxygen atoms in total. The van der Waals surface area contributed by atoms with E-state index in [-0.39, 0.29) is 34.7 Å². The Morgan fingerprint density at radius 3 is 2.70 bits per heavy atom. The molecule has 2 aromatic carbocycles. The van der Waals surface area contributed by atoms with Gasteiger partial charge >= 0.3 is 0 Å². The lowest BCUT2D eigenvalue weighted by Gasteiger charge is -2.27. The van der Waals surface area contributed by atoms with Crippen LogP contribution in [0.15, 0.2) is 48.5 Å². The Labute approximate surface area is 162 Å². The van der Waals surface area contributed by atoms with Crippen molar-refractivity contribution in [2.75, 3.05) is 11.1 Å². The number of carbonyl (C=O) groups is 2. The number of halogens is 1. The lowest BCUT2D eigenvalue weighted by atomic mass is 9.88. The molecule has 2 atom stereocenters. The van der Waals surface area contributed by atoms with Crippen LogP contribution in [0.3, 0.4) is 0 Å². The highest BCUT2D eigenvalue weighted by Crippen LogP contribution is 2.29. The minimum absolute atomic E-state index is 0.0403. The maximum atomic E-state index is 12.9. The summed E-state index contributed by atoms with van der Waals surface area (Å²) in [5.74, 6) is -0.463. The number of amides is 2. The molecule has 6 heteroatoms. The van der Waals surface area contributed by atoms with E-state index in [2.05, 4.69) is 22.8 Å². The zero-order valence-corrected chi connectivity index (χ0v) is 16.0. The molecule has 2 aromatic rings. The van der Waals surface area contributed by atoms with E-state index < -0.39 is 0 Å². The maximum absolute atomic E-state index is 12.9. The molecule has 3 rings (SSSR count). The van der Waals surface area contributed by atoms with E-state index in [1.165, 1.54) is 47.2 Å². The van der Waals surface area contributed by atoms with Gasteiger partial charge in [-0.1, -0.05) is 24.3 Å². The van der Waals surface area contributed by atoms with Crippen molar-refractivity contribution in [3.05, 3.63) is 65.5 Å². The first-order chi connectivity index (χ1) is 13.0. The zero-order chi connectivity index (χ0) is 19.2. The van der Waals surface area contributed by atoms with Gasteiger partial charge in [-0.2, -0.15) is 0 Å². The average molecular weight is 386 g/mol. The molecule has 0 radical (unpaired) electrons. The molecular formula is C21H23FN2O2S. The van der Waals surface area contributed by atoms with E-state index >= 15 is 0 Å². The molecule has 142 valence electrons. The number of anilines is 1. The van der Waals surface area contributed by atoms with Crippen LogP contribution in [0.4, 0.5) is 10.1 Å². The van der Waals surface area contributed by atoms with Crippen LogP contribution in [0.25, 0.3) is 0 Å². The van der Waals surface area contributed by atoms with Gasteiger partial charge in [0.2, 0.25) is 11.8 Å². The Kier molecular flexibility index (Phi) is 6.50. The molecule has 0 heterocycles. The molecule has 0 unspecified atom stereocenters. The van der Waals surface area contributed by atoms with Gasteiger partial charge in [0.25, 0.3) is 0 Å². The second-order valence-electron chi connectivity index (χ2n) is 6.66. The van der Waals surface area contributed by atoms with Crippen LogP contribution >= 0.6 is 11.8 Å². The first-order valence-electron chi connectivity index (χ1n) is 9.08. The maximum Gasteiger partial charge on any atom is 0.234 e. The van der Waals surface area contributed by atoms with E-state index in [1.807, 2.05) is 12.1 Å². The number of hydrogen-bond donors (Lipinski definition) is 2. The summed E-state index contributed by atoms with van der Waals surface area (Å²) >= 11 is 1.29. The van der Waals surface area contributed by atoms with Crippen molar-refractivity contribution < 1.29 is 14.0 Å². The molecule has 1 aliphatic carbocycles. The van der Waals surface area contributed by atoms with Crippen molar-refractivity contribution in [1.29, 1.82) is 0 Å². The van der Waals surface area contributed by atoms with Crippen LogP contribution in [0, 0.1) is 5.82 Å². The highest BCUT2D eigenvalue weighted by atomic mass is 32.2. The third-order valence-electron chi connectivity index (χ3n) is 4.65. The quantitative estimate of drug-likeness (QED) is 0.787. The van der Waals surface area contributed by atoms with E-state index in [4.69, 9.17) is 0 Å². The summed E-state index contributed by atoms with van der Waals surface area (Å²) < 4.78 is 12.9. The van der Waals surface area contributed by atoms with E-state index in [9.17, 15) is 14.0 Å². The third-order valence-corrected chi connectivity index (χ3v) is 5.79. The fourth-order valence-corrected chi connectivity index (χ4v) is 3.89. The molecule has 2 amide bonds. The molecule has 1 aliphatic rings. The summed E-state index contributed by atoms with van der Waals surface area (Å²) in [7, 11) is 0. The molecule has 2 N–H and O–H groups in total. The van der Waals surface area contributed by atoms with Gasteiger partial charge in [-0.3, -0.25) is 9.59 Å². The normalized spacial score (nSPS) is 16.9. The van der Waals surface area contributed by atoms with Gasteiger partial charge in [-0.15, -0.1) is 11.8 Å². The monoisotopic (exact) mass is 386 g/mol. The van der Waals surface area contributed by atoms with Crippen LogP contribution in [-0.2, 0) is 16.0 Å². The van der Waals surface area contributed by atoms with Gasteiger partial charge in [-0.05, 0) is 61.6 Å². The fraction of sp³-hybridized carbons (Fsp3) is 0.333. The Morgan fingerprint density at radius 2 is 1.93 bits per heavy atom. The number of thioether (sulfide) groups is 1. The smallest absolute Gasteiger partial charge is 0.234 e. The van der Waals surface area contributed by atoms with Gasteiger partial charge < -0.3 is 10.6 Å². The summed E-state index contributed by atoms with van der Waals surface area (Å²) in [6.07, 6.45) is 3.05. The largest absolute Gasteiger partial charge is 0.348 e. The molecule has 0 fully saturated rings. The lowest BCUT2D eigenvalue weighted by molar-refractivity contribution is -0.121. The lowest BCUT2D eigenvalue weighted by Crippen LogP contribution is -2.36. The van der Waals surface area contributed by atoms with Crippen molar-refractivity contribution in [2.45, 2.75) is 37.5 Å². The Morgan fingerprint density at radius 1 is 1.19 bits per heavy atom. The van der Waals surface area contributed by atoms with Gasteiger partial charge in [0, 0.05) is 5.69 Å². The van der Waals surface area contributed by atoms with Crippen molar-refractivity contribution in [2.24, 2.45) is 0 Å². The van der Waals surface area contributed by atoms with E-state index in [0.29, 0.717) is 5.69 Å². The number of fused-ring (bicyclic) bond motifs is 1. The van der Waals surface area contributed by atoms with Crippen LogP contribution in [-0.4, -0.2) is 22.8 Å². The standard InChI is InChI=1S/C21H23FN2O2S/c1-14(27-13-20(25)23-17-11-9-16(22)10-12-17)21(26)24-19-8-4-6-15-5-2-3-7-18(15)19/h2-3,5,7,9-12,14,19H,4,6,8,13H2,1H3,(H,23,25)(H,24,26)/t14-,19-/m1/s1. The van der Waals surface area contributed by atoms with Gasteiger partial charge in [0.1, 0.15) is 5.82 Å². The number of benzene rings is 2. The van der Waals surface area contributed by atoms with Crippen LogP contribution in [0.5, 0.6) is 0 Å². The van der Waals surface area contributed by atoms with Crippen molar-refractivity contribution in [3.8, 4) is 0 Å². The molecule has 0 saturated carbocycles. The summed E-state index contributed by atoms with van der Waals surface area (Å²) in [6, 6.07) is 13.9. The van der Waals surface area contributed by atoms with Gasteiger partial charge in [-0.25, -0.2) is 4.39 Å². The molecule has 27 heavy (non-hydrogen) atoms. The predicted molar refractivity (Wildman–Crippen MR) is 107 cm³/mol. The second kappa shape index (κ2) is 9.04. The molecule has 0 bridgehead atoms. The number of hydrogen-bond acceptors (Lipinski definition) is 3. The molecule has 0 aromatic heterocycles. The first kappa shape index (κ1) is 19.4. The van der Waals surface area contributed by atoms with Gasteiger partial charge in [0.15, 0.2) is 0 Å². The number of aryl methyl sites for hydroxylation is 1. The van der Waals surface area contributed by atoms with Crippen LogP contribution < -0.4 is 10.6 Å². The number of rotatable bonds is 6. The van der Waals surface area contributed by atoms with Crippen LogP contribution in [0.2, 0.25) is 0 Å². The van der Waals surface area contributed by atoms with Crippen molar-refractivity contribution in [1.82, 2.24) is 5.32 Å². The predicted octanol–water partition coefficient (Wildman–Crippen LogP) is 4.08. The topological polar surface area (TPSA) is 58.2 Å². The van der Waals surface area contributed by atoms with Crippen molar-refractivity contribution >= 4 is 29.3 Å². The SMILES string of the molecule is C[C@@H](SCC(=O)Nc1ccc(F)cc1)C(=O)N[C@@H]1CCCc2ccccc21. The zero-order valence-electron chi connectivity index (χ0n) is 15.2. The second-order valence-corrected chi connectivity index (χ2v) is 7.99. The summed E-state index contributed by atoms with van der Waals surface area (Å²) in [4.78, 5) is 24.5. The molecular weight excluding hydrogens is 363 g/mol.